The van der Waals surface area contributed by atoms with Gasteiger partial charge in [0.1, 0.15) is 0 Å². The van der Waals surface area contributed by atoms with E-state index in [0.717, 1.165) is 28.1 Å². The highest BCUT2D eigenvalue weighted by Crippen LogP contribution is 2.26. The fourth-order valence-electron chi connectivity index (χ4n) is 2.00. The van der Waals surface area contributed by atoms with E-state index in [-0.39, 0.29) is 0 Å². The first-order valence-electron chi connectivity index (χ1n) is 6.40. The number of hydrogen-bond acceptors (Lipinski definition) is 1. The molecule has 0 heterocycles. The Bertz CT molecular complexity index is 528. The fraction of sp³-hybridized carbons (Fsp3) is 0.250. The van der Waals surface area contributed by atoms with E-state index in [1.807, 2.05) is 18.2 Å². The molecule has 1 nitrogen and oxygen atoms in total. The second kappa shape index (κ2) is 6.97. The van der Waals surface area contributed by atoms with Crippen molar-refractivity contribution in [1.29, 1.82) is 0 Å². The zero-order chi connectivity index (χ0) is 13.7. The predicted molar refractivity (Wildman–Crippen MR) is 87.1 cm³/mol. The van der Waals surface area contributed by atoms with Gasteiger partial charge >= 0.3 is 0 Å². The van der Waals surface area contributed by atoms with Gasteiger partial charge in [-0.1, -0.05) is 48.9 Å². The summed E-state index contributed by atoms with van der Waals surface area (Å²) in [6, 6.07) is 16.4. The molecular formula is C16H17BrClN. The molecule has 1 atom stereocenters. The number of hydrogen-bond donors (Lipinski definition) is 1. The van der Waals surface area contributed by atoms with Crippen LogP contribution in [0.25, 0.3) is 0 Å². The SMILES string of the molecule is CC(CCNc1ccc(Cl)cc1Br)c1ccccc1. The molecule has 0 aliphatic heterocycles. The summed E-state index contributed by atoms with van der Waals surface area (Å²) in [6.45, 7) is 3.20. The Hall–Kier alpha value is -0.990. The van der Waals surface area contributed by atoms with Crippen LogP contribution in [0.3, 0.4) is 0 Å². The van der Waals surface area contributed by atoms with Crippen molar-refractivity contribution in [3.05, 3.63) is 63.6 Å². The molecule has 19 heavy (non-hydrogen) atoms. The Labute approximate surface area is 128 Å². The van der Waals surface area contributed by atoms with E-state index < -0.39 is 0 Å². The summed E-state index contributed by atoms with van der Waals surface area (Å²) in [4.78, 5) is 0. The van der Waals surface area contributed by atoms with E-state index in [0.29, 0.717) is 5.92 Å². The van der Waals surface area contributed by atoms with Crippen LogP contribution in [0.15, 0.2) is 53.0 Å². The highest BCUT2D eigenvalue weighted by Gasteiger charge is 2.05. The maximum Gasteiger partial charge on any atom is 0.0485 e. The first kappa shape index (κ1) is 14.4. The summed E-state index contributed by atoms with van der Waals surface area (Å²) in [5.41, 5.74) is 2.48. The highest BCUT2D eigenvalue weighted by molar-refractivity contribution is 9.10. The number of rotatable bonds is 5. The molecule has 0 aliphatic carbocycles. The fourth-order valence-corrected chi connectivity index (χ4v) is 2.83. The molecule has 1 N–H and O–H groups in total. The van der Waals surface area contributed by atoms with Crippen molar-refractivity contribution < 1.29 is 0 Å². The van der Waals surface area contributed by atoms with E-state index >= 15 is 0 Å². The average Bonchev–Trinajstić information content (AvgIpc) is 2.42. The van der Waals surface area contributed by atoms with Crippen molar-refractivity contribution in [1.82, 2.24) is 0 Å². The zero-order valence-electron chi connectivity index (χ0n) is 10.9. The first-order valence-corrected chi connectivity index (χ1v) is 7.58. The normalized spacial score (nSPS) is 12.2. The van der Waals surface area contributed by atoms with Crippen LogP contribution in [0.4, 0.5) is 5.69 Å². The maximum atomic E-state index is 5.92. The lowest BCUT2D eigenvalue weighted by atomic mass is 9.98. The molecule has 1 unspecified atom stereocenters. The Morgan fingerprint density at radius 1 is 1.16 bits per heavy atom. The zero-order valence-corrected chi connectivity index (χ0v) is 13.2. The minimum Gasteiger partial charge on any atom is -0.384 e. The van der Waals surface area contributed by atoms with Crippen LogP contribution in [-0.4, -0.2) is 6.54 Å². The highest BCUT2D eigenvalue weighted by atomic mass is 79.9. The van der Waals surface area contributed by atoms with Crippen molar-refractivity contribution in [3.8, 4) is 0 Å². The third-order valence-corrected chi connectivity index (χ3v) is 4.08. The molecule has 0 fully saturated rings. The van der Waals surface area contributed by atoms with Gasteiger partial charge in [-0.05, 0) is 52.0 Å². The number of halogens is 2. The smallest absolute Gasteiger partial charge is 0.0485 e. The molecule has 0 amide bonds. The van der Waals surface area contributed by atoms with Crippen molar-refractivity contribution >= 4 is 33.2 Å². The van der Waals surface area contributed by atoms with Crippen LogP contribution in [0.5, 0.6) is 0 Å². The van der Waals surface area contributed by atoms with Gasteiger partial charge in [0.2, 0.25) is 0 Å². The van der Waals surface area contributed by atoms with Gasteiger partial charge in [0.15, 0.2) is 0 Å². The van der Waals surface area contributed by atoms with Crippen molar-refractivity contribution in [3.63, 3.8) is 0 Å². The second-order valence-electron chi connectivity index (χ2n) is 4.65. The quantitative estimate of drug-likeness (QED) is 0.736. The average molecular weight is 339 g/mol. The summed E-state index contributed by atoms with van der Waals surface area (Å²) >= 11 is 9.44. The number of benzene rings is 2. The van der Waals surface area contributed by atoms with E-state index in [2.05, 4.69) is 58.5 Å². The van der Waals surface area contributed by atoms with Gasteiger partial charge in [0, 0.05) is 21.7 Å². The van der Waals surface area contributed by atoms with Gasteiger partial charge in [0.25, 0.3) is 0 Å². The van der Waals surface area contributed by atoms with E-state index in [1.165, 1.54) is 5.56 Å². The first-order chi connectivity index (χ1) is 9.16. The second-order valence-corrected chi connectivity index (χ2v) is 5.94. The minimum atomic E-state index is 0.555. The molecule has 0 saturated carbocycles. The van der Waals surface area contributed by atoms with Crippen LogP contribution in [-0.2, 0) is 0 Å². The topological polar surface area (TPSA) is 12.0 Å². The van der Waals surface area contributed by atoms with Gasteiger partial charge in [-0.15, -0.1) is 0 Å². The molecule has 100 valence electrons. The van der Waals surface area contributed by atoms with Gasteiger partial charge in [-0.3, -0.25) is 0 Å². The lowest BCUT2D eigenvalue weighted by Gasteiger charge is -2.14. The van der Waals surface area contributed by atoms with Gasteiger partial charge in [-0.2, -0.15) is 0 Å². The van der Waals surface area contributed by atoms with Gasteiger partial charge in [-0.25, -0.2) is 0 Å². The summed E-state index contributed by atoms with van der Waals surface area (Å²) in [5.74, 6) is 0.555. The predicted octanol–water partition coefficient (Wildman–Crippen LogP) is 5.71. The summed E-state index contributed by atoms with van der Waals surface area (Å²) < 4.78 is 1.01. The molecule has 2 aromatic rings. The van der Waals surface area contributed by atoms with E-state index in [4.69, 9.17) is 11.6 Å². The molecule has 2 aromatic carbocycles. The van der Waals surface area contributed by atoms with Gasteiger partial charge in [0.05, 0.1) is 0 Å². The Morgan fingerprint density at radius 3 is 2.58 bits per heavy atom. The van der Waals surface area contributed by atoms with E-state index in [1.54, 1.807) is 0 Å². The van der Waals surface area contributed by atoms with Crippen LogP contribution in [0.2, 0.25) is 5.02 Å². The molecule has 0 aromatic heterocycles. The van der Waals surface area contributed by atoms with Crippen molar-refractivity contribution in [2.45, 2.75) is 19.3 Å². The molecule has 3 heteroatoms. The standard InChI is InChI=1S/C16H17BrClN/c1-12(13-5-3-2-4-6-13)9-10-19-16-8-7-14(18)11-15(16)17/h2-8,11-12,19H,9-10H2,1H3. The monoisotopic (exact) mass is 337 g/mol. The molecule has 0 aliphatic rings. The number of anilines is 1. The number of nitrogens with one attached hydrogen (secondary N) is 1. The van der Waals surface area contributed by atoms with Crippen LogP contribution < -0.4 is 5.32 Å². The van der Waals surface area contributed by atoms with E-state index in [9.17, 15) is 0 Å². The molecule has 0 radical (unpaired) electrons. The Balaban J connectivity index is 1.86. The Morgan fingerprint density at radius 2 is 1.89 bits per heavy atom. The van der Waals surface area contributed by atoms with Crippen LogP contribution in [0.1, 0.15) is 24.8 Å². The summed E-state index contributed by atoms with van der Waals surface area (Å²) in [5, 5.41) is 4.18. The van der Waals surface area contributed by atoms with Crippen LogP contribution >= 0.6 is 27.5 Å². The molecular weight excluding hydrogens is 322 g/mol. The molecule has 2 rings (SSSR count). The third kappa shape index (κ3) is 4.26. The third-order valence-electron chi connectivity index (χ3n) is 3.19. The lowest BCUT2D eigenvalue weighted by molar-refractivity contribution is 0.706. The molecule has 0 spiro atoms. The summed E-state index contributed by atoms with van der Waals surface area (Å²) in [7, 11) is 0. The van der Waals surface area contributed by atoms with Crippen molar-refractivity contribution in [2.75, 3.05) is 11.9 Å². The van der Waals surface area contributed by atoms with Crippen LogP contribution in [0, 0.1) is 0 Å². The molecule has 0 bridgehead atoms. The minimum absolute atomic E-state index is 0.555. The maximum absolute atomic E-state index is 5.92. The lowest BCUT2D eigenvalue weighted by Crippen LogP contribution is -2.06. The van der Waals surface area contributed by atoms with Crippen molar-refractivity contribution in [2.24, 2.45) is 0 Å². The summed E-state index contributed by atoms with van der Waals surface area (Å²) in [6.07, 6.45) is 1.10. The largest absolute Gasteiger partial charge is 0.384 e. The Kier molecular flexibility index (Phi) is 5.29. The van der Waals surface area contributed by atoms with Gasteiger partial charge < -0.3 is 5.32 Å². The molecule has 0 saturated heterocycles.